The van der Waals surface area contributed by atoms with Crippen LogP contribution in [0.1, 0.15) is 40.3 Å². The Morgan fingerprint density at radius 1 is 1.68 bits per heavy atom. The Labute approximate surface area is 115 Å². The minimum Gasteiger partial charge on any atom is -0.462 e. The number of nitrogens with zero attached hydrogens (tertiary/aromatic N) is 2. The van der Waals surface area contributed by atoms with E-state index in [0.717, 1.165) is 36.0 Å². The maximum atomic E-state index is 11.8. The van der Waals surface area contributed by atoms with Crippen molar-refractivity contribution in [2.24, 2.45) is 0 Å². The summed E-state index contributed by atoms with van der Waals surface area (Å²) in [5.41, 5.74) is 1.96. The summed E-state index contributed by atoms with van der Waals surface area (Å²) in [6.45, 7) is 5.68. The summed E-state index contributed by atoms with van der Waals surface area (Å²) in [6.07, 6.45) is 3.04. The van der Waals surface area contributed by atoms with E-state index in [0.29, 0.717) is 17.4 Å². The van der Waals surface area contributed by atoms with Crippen LogP contribution in [0.5, 0.6) is 0 Å². The fraction of sp³-hybridized carbons (Fsp3) is 0.538. The van der Waals surface area contributed by atoms with Crippen molar-refractivity contribution in [2.45, 2.75) is 26.2 Å². The van der Waals surface area contributed by atoms with Crippen LogP contribution >= 0.6 is 11.3 Å². The first kappa shape index (κ1) is 12.6. The van der Waals surface area contributed by atoms with Gasteiger partial charge in [-0.3, -0.25) is 4.40 Å². The van der Waals surface area contributed by atoms with Crippen LogP contribution in [0.15, 0.2) is 6.20 Å². The SMILES string of the molecule is CCOC(=O)c1sc2nc(C3CCOC3)cn2c1C. The van der Waals surface area contributed by atoms with Gasteiger partial charge >= 0.3 is 5.97 Å². The predicted molar refractivity (Wildman–Crippen MR) is 71.9 cm³/mol. The lowest BCUT2D eigenvalue weighted by Crippen LogP contribution is -2.04. The zero-order chi connectivity index (χ0) is 13.4. The molecule has 5 nitrogen and oxygen atoms in total. The Bertz CT molecular complexity index is 611. The summed E-state index contributed by atoms with van der Waals surface area (Å²) in [7, 11) is 0. The van der Waals surface area contributed by atoms with Gasteiger partial charge in [0.2, 0.25) is 0 Å². The Hall–Kier alpha value is -1.40. The third-order valence-electron chi connectivity index (χ3n) is 3.38. The highest BCUT2D eigenvalue weighted by Gasteiger charge is 2.23. The quantitative estimate of drug-likeness (QED) is 0.810. The molecule has 0 bridgehead atoms. The smallest absolute Gasteiger partial charge is 0.350 e. The summed E-state index contributed by atoms with van der Waals surface area (Å²) in [4.78, 5) is 17.9. The summed E-state index contributed by atoms with van der Waals surface area (Å²) in [5.74, 6) is 0.124. The molecule has 1 fully saturated rings. The highest BCUT2D eigenvalue weighted by molar-refractivity contribution is 7.19. The lowest BCUT2D eigenvalue weighted by molar-refractivity contribution is 0.0531. The second-order valence-electron chi connectivity index (χ2n) is 4.62. The lowest BCUT2D eigenvalue weighted by Gasteiger charge is -2.02. The number of aromatic nitrogens is 2. The number of carbonyl (C=O) groups is 1. The number of rotatable bonds is 3. The molecule has 1 aliphatic heterocycles. The first-order valence-electron chi connectivity index (χ1n) is 6.44. The van der Waals surface area contributed by atoms with Crippen LogP contribution in [0.2, 0.25) is 0 Å². The first-order chi connectivity index (χ1) is 9.20. The monoisotopic (exact) mass is 280 g/mol. The van der Waals surface area contributed by atoms with Gasteiger partial charge in [-0.2, -0.15) is 0 Å². The van der Waals surface area contributed by atoms with Crippen molar-refractivity contribution in [1.82, 2.24) is 9.38 Å². The third kappa shape index (κ3) is 2.15. The number of imidazole rings is 1. The van der Waals surface area contributed by atoms with Crippen molar-refractivity contribution in [3.63, 3.8) is 0 Å². The average molecular weight is 280 g/mol. The molecule has 1 unspecified atom stereocenters. The zero-order valence-electron chi connectivity index (χ0n) is 11.0. The van der Waals surface area contributed by atoms with E-state index < -0.39 is 0 Å². The van der Waals surface area contributed by atoms with Gasteiger partial charge < -0.3 is 9.47 Å². The van der Waals surface area contributed by atoms with Crippen LogP contribution in [0.3, 0.4) is 0 Å². The van der Waals surface area contributed by atoms with E-state index in [9.17, 15) is 4.79 Å². The predicted octanol–water partition coefficient (Wildman–Crippen LogP) is 2.38. The number of hydrogen-bond acceptors (Lipinski definition) is 5. The van der Waals surface area contributed by atoms with Gasteiger partial charge in [0.1, 0.15) is 4.88 Å². The van der Waals surface area contributed by atoms with E-state index in [1.165, 1.54) is 11.3 Å². The minimum atomic E-state index is -0.263. The number of carbonyl (C=O) groups excluding carboxylic acids is 1. The molecule has 3 rings (SSSR count). The van der Waals surface area contributed by atoms with Crippen molar-refractivity contribution in [2.75, 3.05) is 19.8 Å². The largest absolute Gasteiger partial charge is 0.462 e. The van der Waals surface area contributed by atoms with Crippen LogP contribution < -0.4 is 0 Å². The molecule has 1 aliphatic rings. The van der Waals surface area contributed by atoms with Gasteiger partial charge in [0.15, 0.2) is 4.96 Å². The number of ether oxygens (including phenoxy) is 2. The Kier molecular flexibility index (Phi) is 3.28. The van der Waals surface area contributed by atoms with Crippen LogP contribution in [-0.4, -0.2) is 35.2 Å². The summed E-state index contributed by atoms with van der Waals surface area (Å²) < 4.78 is 12.4. The van der Waals surface area contributed by atoms with Gasteiger partial charge in [-0.05, 0) is 20.3 Å². The first-order valence-corrected chi connectivity index (χ1v) is 7.25. The topological polar surface area (TPSA) is 52.8 Å². The summed E-state index contributed by atoms with van der Waals surface area (Å²) in [5, 5.41) is 0. The molecule has 1 atom stereocenters. The number of thiazole rings is 1. The molecule has 102 valence electrons. The van der Waals surface area contributed by atoms with Gasteiger partial charge in [0.05, 0.1) is 18.9 Å². The Balaban J connectivity index is 1.95. The normalized spacial score (nSPS) is 19.2. The van der Waals surface area contributed by atoms with E-state index in [2.05, 4.69) is 4.98 Å². The number of esters is 1. The maximum Gasteiger partial charge on any atom is 0.350 e. The molecule has 0 saturated carbocycles. The molecule has 2 aromatic rings. The van der Waals surface area contributed by atoms with Crippen LogP contribution in [0.4, 0.5) is 0 Å². The molecule has 6 heteroatoms. The second kappa shape index (κ2) is 4.94. The Morgan fingerprint density at radius 2 is 2.53 bits per heavy atom. The second-order valence-corrected chi connectivity index (χ2v) is 5.59. The summed E-state index contributed by atoms with van der Waals surface area (Å²) in [6, 6.07) is 0. The number of hydrogen-bond donors (Lipinski definition) is 0. The third-order valence-corrected chi connectivity index (χ3v) is 4.52. The number of fused-ring (bicyclic) bond motifs is 1. The zero-order valence-corrected chi connectivity index (χ0v) is 11.8. The lowest BCUT2D eigenvalue weighted by atomic mass is 10.1. The van der Waals surface area contributed by atoms with Crippen molar-refractivity contribution in [3.8, 4) is 0 Å². The van der Waals surface area contributed by atoms with Crippen LogP contribution in [0.25, 0.3) is 4.96 Å². The maximum absolute atomic E-state index is 11.8. The van der Waals surface area contributed by atoms with Crippen LogP contribution in [0, 0.1) is 6.92 Å². The van der Waals surface area contributed by atoms with Gasteiger partial charge in [-0.1, -0.05) is 11.3 Å². The molecule has 0 amide bonds. The fourth-order valence-electron chi connectivity index (χ4n) is 2.32. The highest BCUT2D eigenvalue weighted by Crippen LogP contribution is 2.29. The molecule has 0 spiro atoms. The number of aryl methyl sites for hydroxylation is 1. The standard InChI is InChI=1S/C13H16N2O3S/c1-3-18-12(16)11-8(2)15-6-10(14-13(15)19-11)9-4-5-17-7-9/h6,9H,3-5,7H2,1-2H3. The molecular weight excluding hydrogens is 264 g/mol. The van der Waals surface area contributed by atoms with Gasteiger partial charge in [0, 0.05) is 24.4 Å². The molecule has 3 heterocycles. The Morgan fingerprint density at radius 3 is 3.16 bits per heavy atom. The molecule has 0 aromatic carbocycles. The highest BCUT2D eigenvalue weighted by atomic mass is 32.1. The summed E-state index contributed by atoms with van der Waals surface area (Å²) >= 11 is 1.39. The van der Waals surface area contributed by atoms with Crippen molar-refractivity contribution in [1.29, 1.82) is 0 Å². The van der Waals surface area contributed by atoms with E-state index >= 15 is 0 Å². The van der Waals surface area contributed by atoms with E-state index in [4.69, 9.17) is 9.47 Å². The fourth-order valence-corrected chi connectivity index (χ4v) is 3.33. The molecule has 1 saturated heterocycles. The van der Waals surface area contributed by atoms with Crippen molar-refractivity contribution in [3.05, 3.63) is 22.5 Å². The molecule has 0 radical (unpaired) electrons. The van der Waals surface area contributed by atoms with E-state index in [1.807, 2.05) is 24.4 Å². The molecule has 2 aromatic heterocycles. The minimum absolute atomic E-state index is 0.263. The van der Waals surface area contributed by atoms with E-state index in [-0.39, 0.29) is 5.97 Å². The van der Waals surface area contributed by atoms with Gasteiger partial charge in [-0.25, -0.2) is 9.78 Å². The van der Waals surface area contributed by atoms with Crippen LogP contribution in [-0.2, 0) is 9.47 Å². The van der Waals surface area contributed by atoms with Crippen molar-refractivity contribution >= 4 is 22.3 Å². The average Bonchev–Trinajstić information content (AvgIpc) is 3.06. The van der Waals surface area contributed by atoms with Gasteiger partial charge in [0.25, 0.3) is 0 Å². The molecule has 0 N–H and O–H groups in total. The van der Waals surface area contributed by atoms with Gasteiger partial charge in [-0.15, -0.1) is 0 Å². The molecular formula is C13H16N2O3S. The molecule has 0 aliphatic carbocycles. The molecule has 19 heavy (non-hydrogen) atoms. The van der Waals surface area contributed by atoms with E-state index in [1.54, 1.807) is 0 Å². The van der Waals surface area contributed by atoms with Crippen molar-refractivity contribution < 1.29 is 14.3 Å².